The van der Waals surface area contributed by atoms with Crippen molar-refractivity contribution < 1.29 is 4.79 Å². The molecular formula is C12H26N2O. The molecule has 0 saturated heterocycles. The van der Waals surface area contributed by atoms with Gasteiger partial charge in [0.25, 0.3) is 0 Å². The zero-order chi connectivity index (χ0) is 11.5. The van der Waals surface area contributed by atoms with E-state index in [4.69, 9.17) is 0 Å². The molecule has 1 atom stereocenters. The summed E-state index contributed by atoms with van der Waals surface area (Å²) in [5.41, 5.74) is 0. The Morgan fingerprint density at radius 2 is 1.73 bits per heavy atom. The Hall–Kier alpha value is -0.570. The van der Waals surface area contributed by atoms with E-state index in [1.165, 1.54) is 12.8 Å². The van der Waals surface area contributed by atoms with Crippen LogP contribution in [0, 0.1) is 0 Å². The highest BCUT2D eigenvalue weighted by Crippen LogP contribution is 1.92. The molecule has 0 aliphatic rings. The molecule has 0 radical (unpaired) electrons. The minimum Gasteiger partial charge on any atom is -0.355 e. The molecule has 0 bridgehead atoms. The normalized spacial score (nSPS) is 12.5. The number of hydrogen-bond acceptors (Lipinski definition) is 2. The van der Waals surface area contributed by atoms with Gasteiger partial charge in [0.15, 0.2) is 0 Å². The third-order valence-corrected chi connectivity index (χ3v) is 2.45. The fourth-order valence-corrected chi connectivity index (χ4v) is 1.33. The van der Waals surface area contributed by atoms with Crippen molar-refractivity contribution in [1.29, 1.82) is 0 Å². The van der Waals surface area contributed by atoms with Gasteiger partial charge in [0, 0.05) is 6.54 Å². The van der Waals surface area contributed by atoms with E-state index in [1.807, 2.05) is 6.92 Å². The molecule has 0 rings (SSSR count). The molecule has 1 unspecified atom stereocenters. The zero-order valence-corrected chi connectivity index (χ0v) is 10.4. The third kappa shape index (κ3) is 8.43. The Morgan fingerprint density at radius 3 is 2.33 bits per heavy atom. The van der Waals surface area contributed by atoms with E-state index in [0.717, 1.165) is 32.4 Å². The van der Waals surface area contributed by atoms with Gasteiger partial charge in [-0.25, -0.2) is 0 Å². The molecule has 0 aromatic carbocycles. The average Bonchev–Trinajstić information content (AvgIpc) is 2.24. The van der Waals surface area contributed by atoms with Gasteiger partial charge in [-0.15, -0.1) is 0 Å². The van der Waals surface area contributed by atoms with Crippen LogP contribution in [-0.2, 0) is 4.79 Å². The van der Waals surface area contributed by atoms with E-state index in [2.05, 4.69) is 24.5 Å². The molecule has 0 spiro atoms. The molecule has 0 aromatic rings. The molecule has 3 nitrogen and oxygen atoms in total. The molecule has 1 amide bonds. The maximum Gasteiger partial charge on any atom is 0.236 e. The van der Waals surface area contributed by atoms with Gasteiger partial charge in [0.2, 0.25) is 5.91 Å². The van der Waals surface area contributed by atoms with Crippen LogP contribution < -0.4 is 10.6 Å². The SMILES string of the molecule is CCCCCNC(C)C(=O)NCCCC. The number of unbranched alkanes of at least 4 members (excludes halogenated alkanes) is 3. The Kier molecular flexibility index (Phi) is 9.59. The maximum atomic E-state index is 11.5. The van der Waals surface area contributed by atoms with Crippen molar-refractivity contribution in [3.05, 3.63) is 0 Å². The standard InChI is InChI=1S/C12H26N2O/c1-4-6-8-10-13-11(3)12(15)14-9-7-5-2/h11,13H,4-10H2,1-3H3,(H,14,15). The number of hydrogen-bond donors (Lipinski definition) is 2. The fraction of sp³-hybridized carbons (Fsp3) is 0.917. The number of nitrogens with one attached hydrogen (secondary N) is 2. The zero-order valence-electron chi connectivity index (χ0n) is 10.4. The van der Waals surface area contributed by atoms with Crippen LogP contribution in [0.1, 0.15) is 52.9 Å². The van der Waals surface area contributed by atoms with Gasteiger partial charge in [0.1, 0.15) is 0 Å². The maximum absolute atomic E-state index is 11.5. The third-order valence-electron chi connectivity index (χ3n) is 2.45. The molecular weight excluding hydrogens is 188 g/mol. The average molecular weight is 214 g/mol. The summed E-state index contributed by atoms with van der Waals surface area (Å²) < 4.78 is 0. The van der Waals surface area contributed by atoms with Gasteiger partial charge in [-0.05, 0) is 26.3 Å². The van der Waals surface area contributed by atoms with Crippen molar-refractivity contribution in [1.82, 2.24) is 10.6 Å². The minimum atomic E-state index is -0.0567. The number of carbonyl (C=O) groups is 1. The van der Waals surface area contributed by atoms with Crippen molar-refractivity contribution in [2.45, 2.75) is 58.9 Å². The smallest absolute Gasteiger partial charge is 0.236 e. The van der Waals surface area contributed by atoms with Crippen LogP contribution in [0.15, 0.2) is 0 Å². The van der Waals surface area contributed by atoms with Gasteiger partial charge in [-0.2, -0.15) is 0 Å². The second-order valence-electron chi connectivity index (χ2n) is 4.03. The van der Waals surface area contributed by atoms with Gasteiger partial charge in [-0.3, -0.25) is 4.79 Å². The van der Waals surface area contributed by atoms with Crippen molar-refractivity contribution in [2.24, 2.45) is 0 Å². The summed E-state index contributed by atoms with van der Waals surface area (Å²) in [5, 5.41) is 6.15. The van der Waals surface area contributed by atoms with E-state index in [1.54, 1.807) is 0 Å². The quantitative estimate of drug-likeness (QED) is 0.577. The second kappa shape index (κ2) is 9.97. The van der Waals surface area contributed by atoms with E-state index in [-0.39, 0.29) is 11.9 Å². The molecule has 15 heavy (non-hydrogen) atoms. The van der Waals surface area contributed by atoms with Gasteiger partial charge < -0.3 is 10.6 Å². The van der Waals surface area contributed by atoms with Crippen molar-refractivity contribution in [3.8, 4) is 0 Å². The summed E-state index contributed by atoms with van der Waals surface area (Å²) in [5.74, 6) is 0.125. The first-order valence-corrected chi connectivity index (χ1v) is 6.23. The molecule has 3 heteroatoms. The van der Waals surface area contributed by atoms with E-state index >= 15 is 0 Å². The molecule has 0 heterocycles. The Bertz CT molecular complexity index is 160. The van der Waals surface area contributed by atoms with Crippen LogP contribution >= 0.6 is 0 Å². The molecule has 0 aromatic heterocycles. The van der Waals surface area contributed by atoms with Crippen LogP contribution in [0.4, 0.5) is 0 Å². The van der Waals surface area contributed by atoms with Crippen molar-refractivity contribution >= 4 is 5.91 Å². The number of amides is 1. The monoisotopic (exact) mass is 214 g/mol. The van der Waals surface area contributed by atoms with Crippen LogP contribution in [0.5, 0.6) is 0 Å². The summed E-state index contributed by atoms with van der Waals surface area (Å²) in [7, 11) is 0. The van der Waals surface area contributed by atoms with E-state index in [0.29, 0.717) is 0 Å². The predicted molar refractivity (Wildman–Crippen MR) is 64.9 cm³/mol. The molecule has 0 aliphatic heterocycles. The van der Waals surface area contributed by atoms with Gasteiger partial charge in [-0.1, -0.05) is 33.1 Å². The van der Waals surface area contributed by atoms with Crippen LogP contribution in [0.2, 0.25) is 0 Å². The molecule has 0 fully saturated rings. The first kappa shape index (κ1) is 14.4. The van der Waals surface area contributed by atoms with Crippen molar-refractivity contribution in [3.63, 3.8) is 0 Å². The number of rotatable bonds is 9. The first-order valence-electron chi connectivity index (χ1n) is 6.23. The van der Waals surface area contributed by atoms with Crippen LogP contribution in [-0.4, -0.2) is 25.0 Å². The molecule has 90 valence electrons. The highest BCUT2D eigenvalue weighted by Gasteiger charge is 2.09. The molecule has 2 N–H and O–H groups in total. The lowest BCUT2D eigenvalue weighted by molar-refractivity contribution is -0.122. The highest BCUT2D eigenvalue weighted by atomic mass is 16.2. The first-order chi connectivity index (χ1) is 7.22. The Labute approximate surface area is 94.0 Å². The van der Waals surface area contributed by atoms with Crippen molar-refractivity contribution in [2.75, 3.05) is 13.1 Å². The summed E-state index contributed by atoms with van der Waals surface area (Å²) >= 11 is 0. The lowest BCUT2D eigenvalue weighted by atomic mass is 10.2. The van der Waals surface area contributed by atoms with E-state index in [9.17, 15) is 4.79 Å². The van der Waals surface area contributed by atoms with Gasteiger partial charge >= 0.3 is 0 Å². The Morgan fingerprint density at radius 1 is 1.07 bits per heavy atom. The summed E-state index contributed by atoms with van der Waals surface area (Å²) in [6.07, 6.45) is 5.80. The highest BCUT2D eigenvalue weighted by molar-refractivity contribution is 5.81. The topological polar surface area (TPSA) is 41.1 Å². The molecule has 0 aliphatic carbocycles. The summed E-state index contributed by atoms with van der Waals surface area (Å²) in [6, 6.07) is -0.0567. The number of carbonyl (C=O) groups excluding carboxylic acids is 1. The lowest BCUT2D eigenvalue weighted by Gasteiger charge is -2.13. The minimum absolute atomic E-state index is 0.0567. The largest absolute Gasteiger partial charge is 0.355 e. The van der Waals surface area contributed by atoms with E-state index < -0.39 is 0 Å². The molecule has 0 saturated carbocycles. The Balaban J connectivity index is 3.42. The van der Waals surface area contributed by atoms with Crippen LogP contribution in [0.25, 0.3) is 0 Å². The van der Waals surface area contributed by atoms with Gasteiger partial charge in [0.05, 0.1) is 6.04 Å². The second-order valence-corrected chi connectivity index (χ2v) is 4.03. The summed E-state index contributed by atoms with van der Waals surface area (Å²) in [6.45, 7) is 7.97. The van der Waals surface area contributed by atoms with Crippen LogP contribution in [0.3, 0.4) is 0 Å². The predicted octanol–water partition coefficient (Wildman–Crippen LogP) is 2.07. The lowest BCUT2D eigenvalue weighted by Crippen LogP contribution is -2.42. The fourth-order valence-electron chi connectivity index (χ4n) is 1.33. The summed E-state index contributed by atoms with van der Waals surface area (Å²) in [4.78, 5) is 11.5.